The third-order valence-corrected chi connectivity index (χ3v) is 8.58. The Hall–Kier alpha value is -0.346. The van der Waals surface area contributed by atoms with Crippen molar-refractivity contribution < 1.29 is 0 Å². The molecular weight excluding hydrogens is 296 g/mol. The lowest BCUT2D eigenvalue weighted by atomic mass is 10.1. The van der Waals surface area contributed by atoms with Gasteiger partial charge in [0.25, 0.3) is 0 Å². The van der Waals surface area contributed by atoms with Gasteiger partial charge in [-0.1, -0.05) is 125 Å². The van der Waals surface area contributed by atoms with Crippen molar-refractivity contribution in [3.05, 3.63) is 30.3 Å². The van der Waals surface area contributed by atoms with Gasteiger partial charge in [0, 0.05) is 10.2 Å². The van der Waals surface area contributed by atoms with Crippen LogP contribution >= 0.6 is 0 Å². The summed E-state index contributed by atoms with van der Waals surface area (Å²) in [6.45, 7) is 2.30. The molecule has 0 N–H and O–H groups in total. The van der Waals surface area contributed by atoms with E-state index in [0.29, 0.717) is 0 Å². The molecule has 1 aromatic carbocycles. The van der Waals surface area contributed by atoms with Gasteiger partial charge < -0.3 is 0 Å². The maximum atomic E-state index is 2.34. The van der Waals surface area contributed by atoms with E-state index in [1.54, 1.807) is 5.19 Å². The molecule has 0 aliphatic heterocycles. The molecule has 0 aliphatic rings. The van der Waals surface area contributed by atoms with Crippen LogP contribution in [0.2, 0.25) is 5.16 Å². The summed E-state index contributed by atoms with van der Waals surface area (Å²) in [5.41, 5.74) is 0. The molecule has 22 heavy (non-hydrogen) atoms. The smallest absolute Gasteiger partial charge is 0.0544 e. The molecule has 0 fully saturated rings. The van der Waals surface area contributed by atoms with E-state index in [4.69, 9.17) is 0 Å². The Bertz CT molecular complexity index is 337. The first kappa shape index (κ1) is 19.7. The van der Waals surface area contributed by atoms with Crippen molar-refractivity contribution in [2.45, 2.75) is 89.1 Å². The molecule has 1 aromatic rings. The summed E-state index contributed by atoms with van der Waals surface area (Å²) in [5.74, 6) is 0. The fourth-order valence-electron chi connectivity index (χ4n) is 3.28. The minimum absolute atomic E-state index is 0.0166. The molecular formula is C20H38Si2. The maximum Gasteiger partial charge on any atom is 0.0544 e. The van der Waals surface area contributed by atoms with Crippen LogP contribution in [0, 0.1) is 0 Å². The highest BCUT2D eigenvalue weighted by molar-refractivity contribution is 6.62. The van der Waals surface area contributed by atoms with Gasteiger partial charge in [-0.25, -0.2) is 0 Å². The lowest BCUT2D eigenvalue weighted by Crippen LogP contribution is -2.19. The van der Waals surface area contributed by atoms with Crippen molar-refractivity contribution in [3.8, 4) is 0 Å². The highest BCUT2D eigenvalue weighted by Crippen LogP contribution is 2.14. The number of benzene rings is 1. The van der Waals surface area contributed by atoms with E-state index < -0.39 is 0 Å². The van der Waals surface area contributed by atoms with Crippen LogP contribution < -0.4 is 5.19 Å². The minimum atomic E-state index is 0.0166. The predicted molar refractivity (Wildman–Crippen MR) is 109 cm³/mol. The minimum Gasteiger partial charge on any atom is -0.0670 e. The van der Waals surface area contributed by atoms with Crippen LogP contribution in [0.15, 0.2) is 30.3 Å². The van der Waals surface area contributed by atoms with Crippen LogP contribution in [0.3, 0.4) is 0 Å². The molecule has 0 spiro atoms. The highest BCUT2D eigenvalue weighted by atomic mass is 28.2. The molecule has 0 saturated heterocycles. The van der Waals surface area contributed by atoms with E-state index >= 15 is 0 Å². The first-order chi connectivity index (χ1) is 10.8. The van der Waals surface area contributed by atoms with Crippen molar-refractivity contribution in [2.75, 3.05) is 0 Å². The second kappa shape index (κ2) is 14.3. The molecule has 126 valence electrons. The average Bonchev–Trinajstić information content (AvgIpc) is 2.53. The normalized spacial score (nSPS) is 13.1. The molecule has 0 heterocycles. The lowest BCUT2D eigenvalue weighted by molar-refractivity contribution is 0.546. The van der Waals surface area contributed by atoms with Crippen LogP contribution in [0.4, 0.5) is 0 Å². The summed E-state index contributed by atoms with van der Waals surface area (Å²) in [7, 11) is 1.42. The van der Waals surface area contributed by atoms with E-state index in [1.165, 1.54) is 87.3 Å². The molecule has 0 nitrogen and oxygen atoms in total. The Labute approximate surface area is 144 Å². The van der Waals surface area contributed by atoms with E-state index in [9.17, 15) is 0 Å². The number of rotatable bonds is 14. The van der Waals surface area contributed by atoms with Crippen molar-refractivity contribution in [3.63, 3.8) is 0 Å². The summed E-state index contributed by atoms with van der Waals surface area (Å²) in [6.07, 6.45) is 17.6. The number of hydrogen-bond acceptors (Lipinski definition) is 0. The van der Waals surface area contributed by atoms with Gasteiger partial charge in [-0.05, 0) is 0 Å². The Morgan fingerprint density at radius 2 is 1.27 bits per heavy atom. The standard InChI is InChI=1S/C20H38Si2/c1-2-3-4-5-6-7-8-9-10-11-15-18-20(21)22-19-16-13-12-14-17-19/h12-14,16-17,20H,2-11,15,18,22H2,1,21H3. The maximum absolute atomic E-state index is 2.34. The third-order valence-electron chi connectivity index (χ3n) is 4.73. The number of unbranched alkanes of at least 4 members (excludes halogenated alkanes) is 10. The summed E-state index contributed by atoms with van der Waals surface area (Å²) < 4.78 is 0. The molecule has 0 saturated carbocycles. The molecule has 0 aliphatic carbocycles. The zero-order valence-corrected chi connectivity index (χ0v) is 18.6. The van der Waals surface area contributed by atoms with Crippen molar-refractivity contribution in [2.24, 2.45) is 0 Å². The highest BCUT2D eigenvalue weighted by Gasteiger charge is 2.04. The van der Waals surface area contributed by atoms with Gasteiger partial charge in [-0.15, -0.1) is 0 Å². The largest absolute Gasteiger partial charge is 0.0670 e. The third kappa shape index (κ3) is 11.3. The van der Waals surface area contributed by atoms with Crippen molar-refractivity contribution in [1.29, 1.82) is 0 Å². The Kier molecular flexibility index (Phi) is 12.8. The van der Waals surface area contributed by atoms with E-state index in [2.05, 4.69) is 37.3 Å². The monoisotopic (exact) mass is 334 g/mol. The fraction of sp³-hybridized carbons (Fsp3) is 0.700. The summed E-state index contributed by atoms with van der Waals surface area (Å²) >= 11 is 0. The van der Waals surface area contributed by atoms with Gasteiger partial charge in [0.2, 0.25) is 0 Å². The van der Waals surface area contributed by atoms with Gasteiger partial charge in [-0.3, -0.25) is 0 Å². The Morgan fingerprint density at radius 1 is 0.773 bits per heavy atom. The molecule has 0 radical (unpaired) electrons. The molecule has 1 rings (SSSR count). The van der Waals surface area contributed by atoms with Gasteiger partial charge in [-0.2, -0.15) is 0 Å². The molecule has 0 aromatic heterocycles. The van der Waals surface area contributed by atoms with Gasteiger partial charge in [0.15, 0.2) is 0 Å². The second-order valence-corrected chi connectivity index (χ2v) is 13.0. The summed E-state index contributed by atoms with van der Waals surface area (Å²) in [4.78, 5) is 0. The van der Waals surface area contributed by atoms with Crippen molar-refractivity contribution in [1.82, 2.24) is 0 Å². The molecule has 1 atom stereocenters. The van der Waals surface area contributed by atoms with Crippen LogP contribution in [0.5, 0.6) is 0 Å². The van der Waals surface area contributed by atoms with Crippen LogP contribution in [-0.2, 0) is 0 Å². The first-order valence-electron chi connectivity index (χ1n) is 9.87. The van der Waals surface area contributed by atoms with Gasteiger partial charge >= 0.3 is 0 Å². The zero-order valence-electron chi connectivity index (χ0n) is 15.2. The first-order valence-corrected chi connectivity index (χ1v) is 12.5. The van der Waals surface area contributed by atoms with Crippen LogP contribution in [-0.4, -0.2) is 19.8 Å². The van der Waals surface area contributed by atoms with Crippen molar-refractivity contribution >= 4 is 24.9 Å². The predicted octanol–water partition coefficient (Wildman–Crippen LogP) is 4.29. The quantitative estimate of drug-likeness (QED) is 0.352. The van der Waals surface area contributed by atoms with Gasteiger partial charge in [0.1, 0.15) is 0 Å². The summed E-state index contributed by atoms with van der Waals surface area (Å²) in [5, 5.41) is 2.78. The van der Waals surface area contributed by atoms with E-state index in [1.807, 2.05) is 0 Å². The van der Waals surface area contributed by atoms with Crippen LogP contribution in [0.1, 0.15) is 84.0 Å². The summed E-state index contributed by atoms with van der Waals surface area (Å²) in [6, 6.07) is 11.2. The lowest BCUT2D eigenvalue weighted by Gasteiger charge is -2.10. The topological polar surface area (TPSA) is 0 Å². The molecule has 1 unspecified atom stereocenters. The van der Waals surface area contributed by atoms with Crippen LogP contribution in [0.25, 0.3) is 0 Å². The SMILES string of the molecule is CCCCCCCCCCCCCC([SiH3])[SiH2]c1ccccc1. The second-order valence-electron chi connectivity index (χ2n) is 7.12. The zero-order chi connectivity index (χ0) is 15.9. The van der Waals surface area contributed by atoms with E-state index in [0.717, 1.165) is 5.16 Å². The number of hydrogen-bond donors (Lipinski definition) is 0. The molecule has 0 bridgehead atoms. The Morgan fingerprint density at radius 3 is 1.82 bits per heavy atom. The van der Waals surface area contributed by atoms with E-state index in [-0.39, 0.29) is 9.52 Å². The van der Waals surface area contributed by atoms with Gasteiger partial charge in [0.05, 0.1) is 9.52 Å². The molecule has 2 heteroatoms. The average molecular weight is 335 g/mol. The Balaban J connectivity index is 1.85. The molecule has 0 amide bonds. The fourth-order valence-corrected chi connectivity index (χ4v) is 6.94.